The molecule has 0 spiro atoms. The van der Waals surface area contributed by atoms with E-state index in [4.69, 9.17) is 0 Å². The number of likely N-dealkylation sites (tertiary alicyclic amines) is 1. The minimum Gasteiger partial charge on any atom is -0.319 e. The van der Waals surface area contributed by atoms with E-state index < -0.39 is 0 Å². The lowest BCUT2D eigenvalue weighted by molar-refractivity contribution is 0.274. The van der Waals surface area contributed by atoms with Gasteiger partial charge in [0.15, 0.2) is 0 Å². The quantitative estimate of drug-likeness (QED) is 0.875. The molecule has 0 aromatic heterocycles. The molecule has 19 heavy (non-hydrogen) atoms. The van der Waals surface area contributed by atoms with Crippen LogP contribution in [0.4, 0.5) is 0 Å². The largest absolute Gasteiger partial charge is 0.319 e. The second-order valence-electron chi connectivity index (χ2n) is 6.37. The van der Waals surface area contributed by atoms with E-state index >= 15 is 0 Å². The van der Waals surface area contributed by atoms with Crippen molar-refractivity contribution in [3.05, 3.63) is 35.4 Å². The van der Waals surface area contributed by atoms with Crippen LogP contribution in [-0.4, -0.2) is 32.1 Å². The minimum atomic E-state index is 0.584. The van der Waals surface area contributed by atoms with Crippen LogP contribution in [0.1, 0.15) is 37.4 Å². The highest BCUT2D eigenvalue weighted by atomic mass is 15.2. The Kier molecular flexibility index (Phi) is 5.00. The van der Waals surface area contributed by atoms with E-state index in [-0.39, 0.29) is 0 Å². The Balaban J connectivity index is 2.11. The van der Waals surface area contributed by atoms with Crippen LogP contribution in [0.15, 0.2) is 24.3 Å². The fourth-order valence-electron chi connectivity index (χ4n) is 3.35. The average molecular weight is 260 g/mol. The lowest BCUT2D eigenvalue weighted by atomic mass is 9.92. The molecule has 1 N–H and O–H groups in total. The van der Waals surface area contributed by atoms with E-state index in [1.165, 1.54) is 30.5 Å². The van der Waals surface area contributed by atoms with Crippen molar-refractivity contribution in [2.24, 2.45) is 11.8 Å². The molecule has 2 heteroatoms. The highest BCUT2D eigenvalue weighted by Crippen LogP contribution is 2.35. The summed E-state index contributed by atoms with van der Waals surface area (Å²) in [5.41, 5.74) is 2.94. The molecule has 0 aliphatic carbocycles. The number of hydrogen-bond donors (Lipinski definition) is 1. The molecule has 0 radical (unpaired) electrons. The van der Waals surface area contributed by atoms with Gasteiger partial charge < -0.3 is 5.32 Å². The number of benzene rings is 1. The summed E-state index contributed by atoms with van der Waals surface area (Å²) >= 11 is 0. The van der Waals surface area contributed by atoms with Crippen LogP contribution in [0.3, 0.4) is 0 Å². The molecule has 0 saturated carbocycles. The van der Waals surface area contributed by atoms with Gasteiger partial charge in [-0.3, -0.25) is 4.90 Å². The number of hydrogen-bond acceptors (Lipinski definition) is 2. The Labute approximate surface area is 118 Å². The summed E-state index contributed by atoms with van der Waals surface area (Å²) < 4.78 is 0. The third-order valence-electron chi connectivity index (χ3n) is 4.21. The predicted molar refractivity (Wildman–Crippen MR) is 82.4 cm³/mol. The second-order valence-corrected chi connectivity index (χ2v) is 6.37. The molecule has 106 valence electrons. The highest BCUT2D eigenvalue weighted by molar-refractivity contribution is 5.26. The van der Waals surface area contributed by atoms with Crippen molar-refractivity contribution in [2.75, 3.05) is 27.2 Å². The van der Waals surface area contributed by atoms with Gasteiger partial charge in [0.1, 0.15) is 0 Å². The molecule has 2 rings (SSSR count). The molecule has 1 saturated heterocycles. The first-order valence-electron chi connectivity index (χ1n) is 7.55. The minimum absolute atomic E-state index is 0.584. The van der Waals surface area contributed by atoms with E-state index in [0.717, 1.165) is 18.4 Å². The number of nitrogens with one attached hydrogen (secondary N) is 1. The summed E-state index contributed by atoms with van der Waals surface area (Å²) in [6.07, 6.45) is 2.48. The smallest absolute Gasteiger partial charge is 0.0385 e. The van der Waals surface area contributed by atoms with E-state index in [0.29, 0.717) is 6.04 Å². The van der Waals surface area contributed by atoms with Crippen LogP contribution in [0.5, 0.6) is 0 Å². The molecular formula is C17H28N2. The zero-order chi connectivity index (χ0) is 13.8. The second kappa shape index (κ2) is 6.53. The van der Waals surface area contributed by atoms with Gasteiger partial charge >= 0.3 is 0 Å². The Bertz CT molecular complexity index is 381. The van der Waals surface area contributed by atoms with Crippen LogP contribution in [0.2, 0.25) is 0 Å². The van der Waals surface area contributed by atoms with Crippen molar-refractivity contribution in [2.45, 2.75) is 32.7 Å². The topological polar surface area (TPSA) is 15.3 Å². The van der Waals surface area contributed by atoms with Crippen LogP contribution in [0, 0.1) is 11.8 Å². The van der Waals surface area contributed by atoms with Crippen molar-refractivity contribution in [1.82, 2.24) is 10.2 Å². The summed E-state index contributed by atoms with van der Waals surface area (Å²) in [5.74, 6) is 1.47. The van der Waals surface area contributed by atoms with Crippen molar-refractivity contribution in [1.29, 1.82) is 0 Å². The maximum Gasteiger partial charge on any atom is 0.0385 e. The third kappa shape index (κ3) is 3.58. The molecule has 1 heterocycles. The van der Waals surface area contributed by atoms with Gasteiger partial charge in [-0.15, -0.1) is 0 Å². The van der Waals surface area contributed by atoms with E-state index in [1.54, 1.807) is 0 Å². The van der Waals surface area contributed by atoms with Crippen molar-refractivity contribution in [3.63, 3.8) is 0 Å². The molecule has 1 aromatic carbocycles. The van der Waals surface area contributed by atoms with Gasteiger partial charge in [0.25, 0.3) is 0 Å². The maximum absolute atomic E-state index is 3.34. The first-order chi connectivity index (χ1) is 9.11. The van der Waals surface area contributed by atoms with Gasteiger partial charge in [0.05, 0.1) is 0 Å². The van der Waals surface area contributed by atoms with Crippen LogP contribution < -0.4 is 5.32 Å². The summed E-state index contributed by atoms with van der Waals surface area (Å²) in [5, 5.41) is 3.34. The molecule has 1 fully saturated rings. The van der Waals surface area contributed by atoms with Crippen molar-refractivity contribution < 1.29 is 0 Å². The standard InChI is InChI=1S/C17H28N2/c1-13(2)11-14-5-7-15(8-6-14)17-16(12-18-3)9-10-19(17)4/h5-8,13,16-18H,9-12H2,1-4H3. The molecule has 1 aliphatic heterocycles. The molecule has 1 aliphatic rings. The first kappa shape index (κ1) is 14.5. The van der Waals surface area contributed by atoms with E-state index in [1.807, 2.05) is 0 Å². The fraction of sp³-hybridized carbons (Fsp3) is 0.647. The SMILES string of the molecule is CNCC1CCN(C)C1c1ccc(CC(C)C)cc1. The van der Waals surface area contributed by atoms with Gasteiger partial charge in [0, 0.05) is 6.04 Å². The third-order valence-corrected chi connectivity index (χ3v) is 4.21. The van der Waals surface area contributed by atoms with Gasteiger partial charge in [-0.2, -0.15) is 0 Å². The lowest BCUT2D eigenvalue weighted by Gasteiger charge is -2.25. The Morgan fingerprint density at radius 1 is 1.26 bits per heavy atom. The molecule has 2 nitrogen and oxygen atoms in total. The Morgan fingerprint density at radius 3 is 2.53 bits per heavy atom. The van der Waals surface area contributed by atoms with E-state index in [9.17, 15) is 0 Å². The zero-order valence-electron chi connectivity index (χ0n) is 12.8. The summed E-state index contributed by atoms with van der Waals surface area (Å²) in [6.45, 7) is 6.89. The lowest BCUT2D eigenvalue weighted by Crippen LogP contribution is -2.26. The van der Waals surface area contributed by atoms with Gasteiger partial charge in [-0.05, 0) is 63.0 Å². The van der Waals surface area contributed by atoms with Crippen LogP contribution >= 0.6 is 0 Å². The summed E-state index contributed by atoms with van der Waals surface area (Å²) in [7, 11) is 4.31. The molecule has 2 unspecified atom stereocenters. The Morgan fingerprint density at radius 2 is 1.95 bits per heavy atom. The van der Waals surface area contributed by atoms with Gasteiger partial charge in [0.2, 0.25) is 0 Å². The first-order valence-corrected chi connectivity index (χ1v) is 7.55. The average Bonchev–Trinajstić information content (AvgIpc) is 2.72. The predicted octanol–water partition coefficient (Wildman–Crippen LogP) is 3.10. The summed E-state index contributed by atoms with van der Waals surface area (Å²) in [4.78, 5) is 2.50. The van der Waals surface area contributed by atoms with Gasteiger partial charge in [-0.25, -0.2) is 0 Å². The zero-order valence-corrected chi connectivity index (χ0v) is 12.8. The van der Waals surface area contributed by atoms with Crippen molar-refractivity contribution in [3.8, 4) is 0 Å². The molecule has 2 atom stereocenters. The molecular weight excluding hydrogens is 232 g/mol. The summed E-state index contributed by atoms with van der Waals surface area (Å²) in [6, 6.07) is 9.90. The number of nitrogens with zero attached hydrogens (tertiary/aromatic N) is 1. The van der Waals surface area contributed by atoms with E-state index in [2.05, 4.69) is 62.4 Å². The van der Waals surface area contributed by atoms with Crippen LogP contribution in [0.25, 0.3) is 0 Å². The monoisotopic (exact) mass is 260 g/mol. The Hall–Kier alpha value is -0.860. The molecule has 0 bridgehead atoms. The normalized spacial score (nSPS) is 24.3. The number of rotatable bonds is 5. The van der Waals surface area contributed by atoms with Crippen molar-refractivity contribution >= 4 is 0 Å². The van der Waals surface area contributed by atoms with Gasteiger partial charge in [-0.1, -0.05) is 38.1 Å². The van der Waals surface area contributed by atoms with Crippen LogP contribution in [-0.2, 0) is 6.42 Å². The highest BCUT2D eigenvalue weighted by Gasteiger charge is 2.32. The maximum atomic E-state index is 3.34. The fourth-order valence-corrected chi connectivity index (χ4v) is 3.35. The molecule has 1 aromatic rings. The molecule has 0 amide bonds.